The van der Waals surface area contributed by atoms with E-state index in [1.165, 1.54) is 11.8 Å². The highest BCUT2D eigenvalue weighted by Crippen LogP contribution is 2.24. The largest absolute Gasteiger partial charge is 0.325 e. The number of amides is 1. The lowest BCUT2D eigenvalue weighted by Crippen LogP contribution is -2.35. The van der Waals surface area contributed by atoms with E-state index in [1.807, 2.05) is 71.2 Å². The Hall–Kier alpha value is -2.84. The molecule has 0 saturated heterocycles. The third-order valence-electron chi connectivity index (χ3n) is 3.98. The molecular formula is C18H18N6OS. The van der Waals surface area contributed by atoms with Gasteiger partial charge < -0.3 is 5.32 Å². The van der Waals surface area contributed by atoms with Crippen LogP contribution in [0.5, 0.6) is 0 Å². The number of imidazole rings is 1. The summed E-state index contributed by atoms with van der Waals surface area (Å²) in [7, 11) is 1.92. The molecule has 0 spiro atoms. The van der Waals surface area contributed by atoms with Crippen LogP contribution in [0.4, 0.5) is 5.69 Å². The summed E-state index contributed by atoms with van der Waals surface area (Å²) in [5.74, 6) is 0.219. The molecule has 1 aliphatic rings. The van der Waals surface area contributed by atoms with Gasteiger partial charge in [-0.1, -0.05) is 42.1 Å². The van der Waals surface area contributed by atoms with E-state index < -0.39 is 0 Å². The number of anilines is 1. The lowest BCUT2D eigenvalue weighted by atomic mass is 10.3. The number of fused-ring (bicyclic) bond motifs is 1. The first-order chi connectivity index (χ1) is 12.7. The number of amidine groups is 1. The second-order valence-corrected chi connectivity index (χ2v) is 6.81. The van der Waals surface area contributed by atoms with Crippen molar-refractivity contribution in [2.75, 3.05) is 18.1 Å². The first-order valence-electron chi connectivity index (χ1n) is 8.17. The van der Waals surface area contributed by atoms with E-state index in [0.29, 0.717) is 5.17 Å². The SMILES string of the molecule is CN1NC(SCC(=O)Nc2ccccc2)=NC1n1cnc2ccccc21. The quantitative estimate of drug-likeness (QED) is 0.743. The molecule has 1 aliphatic heterocycles. The summed E-state index contributed by atoms with van der Waals surface area (Å²) in [6, 6.07) is 17.4. The van der Waals surface area contributed by atoms with Crippen LogP contribution in [-0.4, -0.2) is 38.4 Å². The van der Waals surface area contributed by atoms with E-state index in [2.05, 4.69) is 20.7 Å². The molecule has 132 valence electrons. The number of carbonyl (C=O) groups is 1. The van der Waals surface area contributed by atoms with Crippen molar-refractivity contribution >= 4 is 39.6 Å². The molecule has 2 N–H and O–H groups in total. The predicted molar refractivity (Wildman–Crippen MR) is 105 cm³/mol. The molecule has 4 rings (SSSR count). The monoisotopic (exact) mass is 366 g/mol. The maximum atomic E-state index is 12.1. The van der Waals surface area contributed by atoms with Crippen molar-refractivity contribution in [3.63, 3.8) is 0 Å². The molecule has 7 nitrogen and oxygen atoms in total. The molecule has 0 saturated carbocycles. The Labute approximate surface area is 155 Å². The van der Waals surface area contributed by atoms with Gasteiger partial charge in [-0.05, 0) is 24.3 Å². The van der Waals surface area contributed by atoms with Crippen LogP contribution in [0.15, 0.2) is 65.9 Å². The fourth-order valence-corrected chi connectivity index (χ4v) is 3.48. The third kappa shape index (κ3) is 3.42. The second kappa shape index (κ2) is 7.19. The van der Waals surface area contributed by atoms with Gasteiger partial charge in [0, 0.05) is 12.7 Å². The fourth-order valence-electron chi connectivity index (χ4n) is 2.76. The van der Waals surface area contributed by atoms with E-state index in [0.717, 1.165) is 16.7 Å². The van der Waals surface area contributed by atoms with Crippen LogP contribution < -0.4 is 10.7 Å². The summed E-state index contributed by atoms with van der Waals surface area (Å²) in [6.45, 7) is 0. The highest BCUT2D eigenvalue weighted by Gasteiger charge is 2.26. The first kappa shape index (κ1) is 16.6. The molecule has 1 unspecified atom stereocenters. The first-order valence-corrected chi connectivity index (χ1v) is 9.16. The number of rotatable bonds is 4. The predicted octanol–water partition coefficient (Wildman–Crippen LogP) is 2.67. The number of hydrogen-bond acceptors (Lipinski definition) is 6. The minimum Gasteiger partial charge on any atom is -0.325 e. The Kier molecular flexibility index (Phi) is 4.59. The summed E-state index contributed by atoms with van der Waals surface area (Å²) in [5, 5.41) is 5.47. The maximum absolute atomic E-state index is 12.1. The third-order valence-corrected chi connectivity index (χ3v) is 4.86. The molecule has 0 aliphatic carbocycles. The number of carbonyl (C=O) groups excluding carboxylic acids is 1. The average molecular weight is 366 g/mol. The van der Waals surface area contributed by atoms with E-state index in [1.54, 1.807) is 6.33 Å². The van der Waals surface area contributed by atoms with Crippen molar-refractivity contribution in [3.05, 3.63) is 60.9 Å². The van der Waals surface area contributed by atoms with Gasteiger partial charge in [0.05, 0.1) is 23.1 Å². The van der Waals surface area contributed by atoms with Crippen LogP contribution >= 0.6 is 11.8 Å². The Morgan fingerprint density at radius 3 is 2.81 bits per heavy atom. The highest BCUT2D eigenvalue weighted by molar-refractivity contribution is 8.14. The zero-order chi connectivity index (χ0) is 17.9. The lowest BCUT2D eigenvalue weighted by Gasteiger charge is -2.19. The number of aromatic nitrogens is 2. The van der Waals surface area contributed by atoms with E-state index in [9.17, 15) is 4.79 Å². The maximum Gasteiger partial charge on any atom is 0.234 e. The van der Waals surface area contributed by atoms with Crippen LogP contribution in [0, 0.1) is 0 Å². The topological polar surface area (TPSA) is 74.6 Å². The van der Waals surface area contributed by atoms with E-state index in [4.69, 9.17) is 0 Å². The summed E-state index contributed by atoms with van der Waals surface area (Å²) in [4.78, 5) is 21.2. The van der Waals surface area contributed by atoms with Gasteiger partial charge in [0.15, 0.2) is 5.17 Å². The van der Waals surface area contributed by atoms with Crippen LogP contribution in [0.1, 0.15) is 6.29 Å². The van der Waals surface area contributed by atoms with Gasteiger partial charge in [0.25, 0.3) is 0 Å². The zero-order valence-electron chi connectivity index (χ0n) is 14.2. The summed E-state index contributed by atoms with van der Waals surface area (Å²) in [5.41, 5.74) is 5.93. The van der Waals surface area contributed by atoms with Crippen molar-refractivity contribution in [1.82, 2.24) is 20.0 Å². The molecule has 2 heterocycles. The number of nitrogens with zero attached hydrogens (tertiary/aromatic N) is 4. The molecule has 3 aromatic rings. The van der Waals surface area contributed by atoms with Gasteiger partial charge in [-0.3, -0.25) is 14.8 Å². The van der Waals surface area contributed by atoms with Crippen molar-refractivity contribution in [2.24, 2.45) is 4.99 Å². The Morgan fingerprint density at radius 2 is 1.96 bits per heavy atom. The molecule has 2 aromatic carbocycles. The van der Waals surface area contributed by atoms with Crippen molar-refractivity contribution < 1.29 is 4.79 Å². The Bertz CT molecular complexity index is 954. The molecule has 0 bridgehead atoms. The molecular weight excluding hydrogens is 348 g/mol. The molecule has 0 radical (unpaired) electrons. The Balaban J connectivity index is 1.42. The summed E-state index contributed by atoms with van der Waals surface area (Å²) >= 11 is 1.37. The van der Waals surface area contributed by atoms with Crippen LogP contribution in [0.2, 0.25) is 0 Å². The van der Waals surface area contributed by atoms with E-state index in [-0.39, 0.29) is 17.9 Å². The number of benzene rings is 2. The minimum absolute atomic E-state index is 0.0649. The van der Waals surface area contributed by atoms with Crippen molar-refractivity contribution in [3.8, 4) is 0 Å². The highest BCUT2D eigenvalue weighted by atomic mass is 32.2. The average Bonchev–Trinajstić information content (AvgIpc) is 3.24. The zero-order valence-corrected chi connectivity index (χ0v) is 15.0. The standard InChI is InChI=1S/C18H18N6OS/c1-23-18(24-12-19-14-9-5-6-10-15(14)24)21-17(22-23)26-11-16(25)20-13-7-3-2-4-8-13/h2-10,12,18H,11H2,1H3,(H,20,25)(H,21,22). The summed E-state index contributed by atoms with van der Waals surface area (Å²) in [6.07, 6.45) is 1.55. The second-order valence-electron chi connectivity index (χ2n) is 5.85. The molecule has 1 atom stereocenters. The number of hydrazine groups is 1. The molecule has 26 heavy (non-hydrogen) atoms. The minimum atomic E-state index is -0.234. The van der Waals surface area contributed by atoms with Gasteiger partial charge in [-0.25, -0.2) is 9.98 Å². The molecule has 1 aromatic heterocycles. The van der Waals surface area contributed by atoms with Gasteiger partial charge in [-0.15, -0.1) is 0 Å². The van der Waals surface area contributed by atoms with Crippen molar-refractivity contribution in [2.45, 2.75) is 6.29 Å². The summed E-state index contributed by atoms with van der Waals surface area (Å²) < 4.78 is 2.00. The molecule has 1 amide bonds. The fraction of sp³-hybridized carbons (Fsp3) is 0.167. The smallest absolute Gasteiger partial charge is 0.234 e. The van der Waals surface area contributed by atoms with E-state index >= 15 is 0 Å². The lowest BCUT2D eigenvalue weighted by molar-refractivity contribution is -0.113. The number of hydrogen-bond donors (Lipinski definition) is 2. The molecule has 8 heteroatoms. The van der Waals surface area contributed by atoms with Gasteiger partial charge >= 0.3 is 0 Å². The van der Waals surface area contributed by atoms with Crippen LogP contribution in [0.25, 0.3) is 11.0 Å². The number of aliphatic imine (C=N–C) groups is 1. The number of nitrogens with one attached hydrogen (secondary N) is 2. The van der Waals surface area contributed by atoms with Gasteiger partial charge in [0.2, 0.25) is 12.2 Å². The Morgan fingerprint density at radius 1 is 1.19 bits per heavy atom. The van der Waals surface area contributed by atoms with Crippen molar-refractivity contribution in [1.29, 1.82) is 0 Å². The van der Waals surface area contributed by atoms with Crippen LogP contribution in [-0.2, 0) is 4.79 Å². The number of thioether (sulfide) groups is 1. The van der Waals surface area contributed by atoms with Gasteiger partial charge in [-0.2, -0.15) is 5.01 Å². The normalized spacial score (nSPS) is 17.1. The molecule has 0 fully saturated rings. The van der Waals surface area contributed by atoms with Gasteiger partial charge in [0.1, 0.15) is 0 Å². The number of para-hydroxylation sites is 3. The van der Waals surface area contributed by atoms with Crippen LogP contribution in [0.3, 0.4) is 0 Å².